The largest absolute Gasteiger partial charge is 0.494 e. The second-order valence-electron chi connectivity index (χ2n) is 10.3. The van der Waals surface area contributed by atoms with Crippen molar-refractivity contribution in [2.24, 2.45) is 5.92 Å². The quantitative estimate of drug-likeness (QED) is 0.0464. The van der Waals surface area contributed by atoms with Crippen LogP contribution < -0.4 is 15.4 Å². The van der Waals surface area contributed by atoms with Gasteiger partial charge in [0.25, 0.3) is 11.8 Å². The first kappa shape index (κ1) is 37.1. The fourth-order valence-electron chi connectivity index (χ4n) is 4.83. The number of aliphatic carboxylic acids is 2. The van der Waals surface area contributed by atoms with Gasteiger partial charge in [0.1, 0.15) is 24.5 Å². The highest BCUT2D eigenvalue weighted by Crippen LogP contribution is 2.26. The standard InChI is InChI=1S/C31H41N5O10/c1-4-7-8-10-23(26(5-2)36(45)19-37)29(42)32-18-33-30(43)25-12-9-11-24(34-25)20-13-21(15-22(14-20)46-6-3)31(44)35(16-27(38)39)17-28(40)41/h9,11-15,19,23,26,45H,4-8,10,16-18H2,1-3H3,(H,32,42)(H,33,43)(H,38,39)(H,40,41)/t23-,26-/m1/s1. The summed E-state index contributed by atoms with van der Waals surface area (Å²) in [5.74, 6) is -5.14. The Labute approximate surface area is 266 Å². The number of hydrogen-bond donors (Lipinski definition) is 5. The first-order chi connectivity index (χ1) is 21.9. The molecule has 46 heavy (non-hydrogen) atoms. The SMILES string of the molecule is CCCCC[C@@H](C(=O)NCNC(=O)c1cccc(-c2cc(OCC)cc(C(=O)N(CC(=O)O)CC(=O)O)c2)n1)[C@@H](CC)N(O)C=O. The number of nitrogens with zero attached hydrogens (tertiary/aromatic N) is 3. The molecule has 0 radical (unpaired) electrons. The molecule has 15 nitrogen and oxygen atoms in total. The number of pyridine rings is 1. The van der Waals surface area contributed by atoms with Crippen molar-refractivity contribution in [2.75, 3.05) is 26.4 Å². The highest BCUT2D eigenvalue weighted by Gasteiger charge is 2.30. The Morgan fingerprint density at radius 3 is 2.26 bits per heavy atom. The summed E-state index contributed by atoms with van der Waals surface area (Å²) in [7, 11) is 0. The molecule has 2 rings (SSSR count). The minimum absolute atomic E-state index is 0.0201. The third-order valence-electron chi connectivity index (χ3n) is 6.98. The van der Waals surface area contributed by atoms with E-state index in [-0.39, 0.29) is 42.4 Å². The fraction of sp³-hybridized carbons (Fsp3) is 0.452. The second-order valence-corrected chi connectivity index (χ2v) is 10.3. The van der Waals surface area contributed by atoms with Crippen LogP contribution in [0.15, 0.2) is 36.4 Å². The van der Waals surface area contributed by atoms with E-state index in [0.717, 1.165) is 19.3 Å². The molecule has 250 valence electrons. The molecule has 1 heterocycles. The Hall–Kier alpha value is -5.05. The van der Waals surface area contributed by atoms with Crippen molar-refractivity contribution in [3.05, 3.63) is 47.7 Å². The van der Waals surface area contributed by atoms with Crippen LogP contribution in [0.4, 0.5) is 0 Å². The normalized spacial score (nSPS) is 11.9. The number of benzene rings is 1. The number of carboxylic acids is 2. The van der Waals surface area contributed by atoms with Gasteiger partial charge in [-0.25, -0.2) is 10.0 Å². The number of hydroxylamine groups is 2. The van der Waals surface area contributed by atoms with Crippen LogP contribution in [0.2, 0.25) is 0 Å². The Morgan fingerprint density at radius 2 is 1.67 bits per heavy atom. The van der Waals surface area contributed by atoms with Crippen molar-refractivity contribution >= 4 is 36.1 Å². The number of carbonyl (C=O) groups excluding carboxylic acids is 4. The number of rotatable bonds is 20. The number of unbranched alkanes of at least 4 members (excludes halogenated alkanes) is 2. The zero-order chi connectivity index (χ0) is 34.2. The summed E-state index contributed by atoms with van der Waals surface area (Å²) in [6.45, 7) is 3.80. The molecule has 0 bridgehead atoms. The molecule has 0 saturated carbocycles. The molecule has 2 aromatic rings. The maximum absolute atomic E-state index is 13.1. The van der Waals surface area contributed by atoms with Gasteiger partial charge < -0.3 is 30.5 Å². The molecule has 2 atom stereocenters. The van der Waals surface area contributed by atoms with Crippen LogP contribution in [-0.4, -0.2) is 98.8 Å². The minimum Gasteiger partial charge on any atom is -0.494 e. The van der Waals surface area contributed by atoms with Gasteiger partial charge in [-0.1, -0.05) is 39.2 Å². The summed E-state index contributed by atoms with van der Waals surface area (Å²) >= 11 is 0. The van der Waals surface area contributed by atoms with Crippen molar-refractivity contribution in [3.8, 4) is 17.0 Å². The third-order valence-corrected chi connectivity index (χ3v) is 6.98. The predicted octanol–water partition coefficient (Wildman–Crippen LogP) is 2.38. The first-order valence-corrected chi connectivity index (χ1v) is 14.9. The summed E-state index contributed by atoms with van der Waals surface area (Å²) < 4.78 is 5.56. The molecule has 0 saturated heterocycles. The molecular formula is C31H41N5O10. The smallest absolute Gasteiger partial charge is 0.323 e. The molecule has 4 amide bonds. The average Bonchev–Trinajstić information content (AvgIpc) is 3.03. The number of hydrogen-bond acceptors (Lipinski definition) is 9. The minimum atomic E-state index is -1.39. The van der Waals surface area contributed by atoms with Crippen molar-refractivity contribution in [3.63, 3.8) is 0 Å². The summed E-state index contributed by atoms with van der Waals surface area (Å²) in [6.07, 6.45) is 3.56. The lowest BCUT2D eigenvalue weighted by Gasteiger charge is -2.29. The van der Waals surface area contributed by atoms with Gasteiger partial charge in [-0.2, -0.15) is 0 Å². The Morgan fingerprint density at radius 1 is 0.978 bits per heavy atom. The predicted molar refractivity (Wildman–Crippen MR) is 164 cm³/mol. The van der Waals surface area contributed by atoms with Crippen LogP contribution in [0.25, 0.3) is 11.3 Å². The molecule has 0 spiro atoms. The van der Waals surface area contributed by atoms with Gasteiger partial charge in [0.2, 0.25) is 12.3 Å². The third kappa shape index (κ3) is 11.1. The van der Waals surface area contributed by atoms with Crippen molar-refractivity contribution < 1.29 is 48.9 Å². The molecule has 0 fully saturated rings. The van der Waals surface area contributed by atoms with Gasteiger partial charge in [0, 0.05) is 11.1 Å². The Kier molecular flexibility index (Phi) is 15.1. The molecule has 1 aromatic heterocycles. The number of amides is 4. The summed E-state index contributed by atoms with van der Waals surface area (Å²) in [5, 5.41) is 34.0. The number of carbonyl (C=O) groups is 6. The number of nitrogens with one attached hydrogen (secondary N) is 2. The van der Waals surface area contributed by atoms with E-state index >= 15 is 0 Å². The summed E-state index contributed by atoms with van der Waals surface area (Å²) in [4.78, 5) is 77.8. The van der Waals surface area contributed by atoms with Crippen LogP contribution in [0.1, 0.15) is 73.7 Å². The van der Waals surface area contributed by atoms with Gasteiger partial charge in [0.05, 0.1) is 30.9 Å². The second kappa shape index (κ2) is 18.7. The molecule has 0 aliphatic rings. The van der Waals surface area contributed by atoms with Crippen LogP contribution in [0.3, 0.4) is 0 Å². The van der Waals surface area contributed by atoms with Crippen LogP contribution in [0.5, 0.6) is 5.75 Å². The summed E-state index contributed by atoms with van der Waals surface area (Å²) in [5.41, 5.74) is 0.534. The molecule has 15 heteroatoms. The lowest BCUT2D eigenvalue weighted by atomic mass is 9.90. The van der Waals surface area contributed by atoms with Gasteiger partial charge >= 0.3 is 11.9 Å². The van der Waals surface area contributed by atoms with E-state index in [1.165, 1.54) is 18.2 Å². The maximum Gasteiger partial charge on any atom is 0.323 e. The van der Waals surface area contributed by atoms with Gasteiger partial charge in [-0.3, -0.25) is 34.0 Å². The summed E-state index contributed by atoms with van der Waals surface area (Å²) in [6, 6.07) is 8.14. The average molecular weight is 644 g/mol. The van der Waals surface area contributed by atoms with Crippen LogP contribution >= 0.6 is 0 Å². The highest BCUT2D eigenvalue weighted by molar-refractivity contribution is 5.99. The van der Waals surface area contributed by atoms with Crippen molar-refractivity contribution in [1.29, 1.82) is 0 Å². The lowest BCUT2D eigenvalue weighted by Crippen LogP contribution is -2.47. The Balaban J connectivity index is 2.25. The van der Waals surface area contributed by atoms with Crippen molar-refractivity contribution in [1.82, 2.24) is 25.6 Å². The van der Waals surface area contributed by atoms with E-state index in [2.05, 4.69) is 15.6 Å². The zero-order valence-electron chi connectivity index (χ0n) is 26.1. The van der Waals surface area contributed by atoms with Gasteiger partial charge in [0.15, 0.2) is 0 Å². The lowest BCUT2D eigenvalue weighted by molar-refractivity contribution is -0.168. The molecular weight excluding hydrogens is 602 g/mol. The van der Waals surface area contributed by atoms with E-state index in [1.807, 2.05) is 6.92 Å². The topological polar surface area (TPSA) is 216 Å². The number of ether oxygens (including phenoxy) is 1. The first-order valence-electron chi connectivity index (χ1n) is 14.9. The van der Waals surface area contributed by atoms with E-state index in [4.69, 9.17) is 4.74 Å². The zero-order valence-corrected chi connectivity index (χ0v) is 26.1. The van der Waals surface area contributed by atoms with Gasteiger partial charge in [-0.15, -0.1) is 0 Å². The monoisotopic (exact) mass is 643 g/mol. The van der Waals surface area contributed by atoms with E-state index in [9.17, 15) is 44.2 Å². The molecule has 0 unspecified atom stereocenters. The van der Waals surface area contributed by atoms with Gasteiger partial charge in [-0.05, 0) is 50.1 Å². The van der Waals surface area contributed by atoms with E-state index in [1.54, 1.807) is 32.0 Å². The molecule has 0 aliphatic carbocycles. The fourth-order valence-corrected chi connectivity index (χ4v) is 4.83. The van der Waals surface area contributed by atoms with E-state index in [0.29, 0.717) is 28.4 Å². The van der Waals surface area contributed by atoms with Crippen molar-refractivity contribution in [2.45, 2.75) is 58.9 Å². The molecule has 5 N–H and O–H groups in total. The highest BCUT2D eigenvalue weighted by atomic mass is 16.5. The van der Waals surface area contributed by atoms with E-state index < -0.39 is 54.7 Å². The number of carboxylic acid groups (broad SMARTS) is 2. The maximum atomic E-state index is 13.1. The van der Waals surface area contributed by atoms with Crippen LogP contribution in [0, 0.1) is 5.92 Å². The number of aromatic nitrogens is 1. The Bertz CT molecular complexity index is 1370. The van der Waals surface area contributed by atoms with Crippen LogP contribution in [-0.2, 0) is 19.2 Å². The molecule has 0 aliphatic heterocycles. The molecule has 1 aromatic carbocycles.